The highest BCUT2D eigenvalue weighted by Crippen LogP contribution is 2.14. The average molecular weight is 441 g/mol. The predicted molar refractivity (Wildman–Crippen MR) is 121 cm³/mol. The van der Waals surface area contributed by atoms with Crippen molar-refractivity contribution >= 4 is 16.0 Å². The maximum Gasteiger partial charge on any atom is 0.213 e. The van der Waals surface area contributed by atoms with Crippen molar-refractivity contribution < 1.29 is 17.9 Å². The van der Waals surface area contributed by atoms with E-state index in [2.05, 4.69) is 20.3 Å². The molecule has 2 rings (SSSR count). The van der Waals surface area contributed by atoms with Crippen LogP contribution in [0.1, 0.15) is 38.7 Å². The van der Waals surface area contributed by atoms with Crippen molar-refractivity contribution in [1.82, 2.24) is 15.4 Å². The van der Waals surface area contributed by atoms with E-state index in [1.54, 1.807) is 0 Å². The lowest BCUT2D eigenvalue weighted by Gasteiger charge is -2.22. The molecule has 2 atom stereocenters. The average Bonchev–Trinajstić information content (AvgIpc) is 2.71. The molecule has 30 heavy (non-hydrogen) atoms. The number of ether oxygens (including phenoxy) is 2. The second kappa shape index (κ2) is 12.8. The van der Waals surface area contributed by atoms with Crippen molar-refractivity contribution in [3.8, 4) is 5.75 Å². The van der Waals surface area contributed by atoms with Gasteiger partial charge in [0.15, 0.2) is 5.96 Å². The molecular weight excluding hydrogens is 404 g/mol. The quantitative estimate of drug-likeness (QED) is 0.358. The molecule has 1 heterocycles. The van der Waals surface area contributed by atoms with E-state index in [1.165, 1.54) is 0 Å². The first-order chi connectivity index (χ1) is 14.4. The van der Waals surface area contributed by atoms with Gasteiger partial charge in [-0.05, 0) is 57.7 Å². The summed E-state index contributed by atoms with van der Waals surface area (Å²) in [7, 11) is -3.37. The molecule has 0 aromatic heterocycles. The summed E-state index contributed by atoms with van der Waals surface area (Å²) in [4.78, 5) is 4.51. The molecule has 1 aromatic rings. The first-order valence-corrected chi connectivity index (χ1v) is 12.4. The second-order valence-corrected chi connectivity index (χ2v) is 9.47. The Hall–Kier alpha value is -1.84. The van der Waals surface area contributed by atoms with Crippen LogP contribution < -0.4 is 20.1 Å². The summed E-state index contributed by atoms with van der Waals surface area (Å²) < 4.78 is 38.5. The Morgan fingerprint density at radius 3 is 2.87 bits per heavy atom. The lowest BCUT2D eigenvalue weighted by molar-refractivity contribution is 0.0200. The molecule has 8 nitrogen and oxygen atoms in total. The van der Waals surface area contributed by atoms with Crippen molar-refractivity contribution in [2.24, 2.45) is 4.99 Å². The molecule has 0 amide bonds. The first kappa shape index (κ1) is 24.4. The molecule has 2 unspecified atom stereocenters. The molecule has 1 aliphatic heterocycles. The van der Waals surface area contributed by atoms with E-state index >= 15 is 0 Å². The van der Waals surface area contributed by atoms with Gasteiger partial charge in [0, 0.05) is 26.2 Å². The number of rotatable bonds is 11. The van der Waals surface area contributed by atoms with Gasteiger partial charge in [0.25, 0.3) is 0 Å². The number of nitrogens with one attached hydrogen (secondary N) is 3. The normalized spacial score (nSPS) is 18.6. The molecule has 170 valence electrons. The molecule has 1 fully saturated rings. The second-order valence-electron chi connectivity index (χ2n) is 7.55. The van der Waals surface area contributed by atoms with Crippen LogP contribution in [-0.2, 0) is 14.8 Å². The van der Waals surface area contributed by atoms with Gasteiger partial charge in [-0.3, -0.25) is 0 Å². The summed E-state index contributed by atoms with van der Waals surface area (Å²) in [6.07, 6.45) is 2.91. The monoisotopic (exact) mass is 440 g/mol. The van der Waals surface area contributed by atoms with Crippen molar-refractivity contribution in [3.05, 3.63) is 29.8 Å². The summed E-state index contributed by atoms with van der Waals surface area (Å²) in [5, 5.41) is 6.21. The molecular formula is C21H36N4O4S. The van der Waals surface area contributed by atoms with Gasteiger partial charge in [0.1, 0.15) is 11.9 Å². The van der Waals surface area contributed by atoms with Gasteiger partial charge in [-0.25, -0.2) is 18.1 Å². The predicted octanol–water partition coefficient (Wildman–Crippen LogP) is 1.81. The Morgan fingerprint density at radius 1 is 1.33 bits per heavy atom. The number of aryl methyl sites for hydroxylation is 1. The maximum atomic E-state index is 12.2. The Kier molecular flexibility index (Phi) is 10.4. The first-order valence-electron chi connectivity index (χ1n) is 10.7. The summed E-state index contributed by atoms with van der Waals surface area (Å²) in [6, 6.07) is 7.89. The highest BCUT2D eigenvalue weighted by Gasteiger charge is 2.17. The number of aliphatic imine (C=N–C) groups is 1. The number of hydrogen-bond donors (Lipinski definition) is 3. The molecule has 1 aromatic carbocycles. The Balaban J connectivity index is 1.75. The highest BCUT2D eigenvalue weighted by molar-refractivity contribution is 7.89. The minimum atomic E-state index is -3.37. The Morgan fingerprint density at radius 2 is 2.17 bits per heavy atom. The van der Waals surface area contributed by atoms with Gasteiger partial charge in [-0.15, -0.1) is 0 Å². The van der Waals surface area contributed by atoms with Gasteiger partial charge in [-0.2, -0.15) is 0 Å². The molecule has 0 spiro atoms. The summed E-state index contributed by atoms with van der Waals surface area (Å²) in [6.45, 7) is 8.39. The van der Waals surface area contributed by atoms with Crippen LogP contribution in [0.3, 0.4) is 0 Å². The number of guanidine groups is 1. The van der Waals surface area contributed by atoms with Crippen LogP contribution in [0.15, 0.2) is 29.3 Å². The largest absolute Gasteiger partial charge is 0.489 e. The molecule has 0 radical (unpaired) electrons. The van der Waals surface area contributed by atoms with Crippen molar-refractivity contribution in [1.29, 1.82) is 0 Å². The van der Waals surface area contributed by atoms with E-state index < -0.39 is 10.0 Å². The van der Waals surface area contributed by atoms with E-state index in [4.69, 9.17) is 9.47 Å². The van der Waals surface area contributed by atoms with Gasteiger partial charge >= 0.3 is 0 Å². The zero-order chi connectivity index (χ0) is 21.8. The molecule has 1 aliphatic rings. The minimum absolute atomic E-state index is 0.0183. The van der Waals surface area contributed by atoms with Crippen LogP contribution in [0.4, 0.5) is 0 Å². The molecule has 9 heteroatoms. The molecule has 1 saturated heterocycles. The number of nitrogens with zero attached hydrogens (tertiary/aromatic N) is 1. The maximum absolute atomic E-state index is 12.2. The van der Waals surface area contributed by atoms with Gasteiger partial charge < -0.3 is 20.1 Å². The number of hydrogen-bond acceptors (Lipinski definition) is 5. The zero-order valence-electron chi connectivity index (χ0n) is 18.3. The zero-order valence-corrected chi connectivity index (χ0v) is 19.1. The van der Waals surface area contributed by atoms with Crippen molar-refractivity contribution in [2.75, 3.05) is 38.5 Å². The molecule has 0 aliphatic carbocycles. The molecule has 0 saturated carbocycles. The number of benzene rings is 1. The van der Waals surface area contributed by atoms with Crippen LogP contribution in [0.25, 0.3) is 0 Å². The van der Waals surface area contributed by atoms with E-state index in [-0.39, 0.29) is 24.5 Å². The van der Waals surface area contributed by atoms with E-state index in [0.29, 0.717) is 32.2 Å². The van der Waals surface area contributed by atoms with E-state index in [9.17, 15) is 8.42 Å². The fourth-order valence-corrected chi connectivity index (χ4v) is 4.04. The van der Waals surface area contributed by atoms with E-state index in [1.807, 2.05) is 45.0 Å². The third-order valence-corrected chi connectivity index (χ3v) is 5.99. The van der Waals surface area contributed by atoms with Crippen LogP contribution in [0, 0.1) is 6.92 Å². The minimum Gasteiger partial charge on any atom is -0.489 e. The SMILES string of the molecule is CCNC(=NCC(C)Oc1cccc(C)c1)NCCS(=O)(=O)NCC1CCCCO1. The lowest BCUT2D eigenvalue weighted by Crippen LogP contribution is -2.43. The van der Waals surface area contributed by atoms with Crippen LogP contribution in [0.2, 0.25) is 0 Å². The third-order valence-electron chi connectivity index (χ3n) is 4.65. The molecule has 3 N–H and O–H groups in total. The van der Waals surface area contributed by atoms with Crippen LogP contribution >= 0.6 is 0 Å². The fraction of sp³-hybridized carbons (Fsp3) is 0.667. The van der Waals surface area contributed by atoms with Crippen molar-refractivity contribution in [3.63, 3.8) is 0 Å². The topological polar surface area (TPSA) is 101 Å². The number of sulfonamides is 1. The van der Waals surface area contributed by atoms with Crippen LogP contribution in [0.5, 0.6) is 5.75 Å². The standard InChI is InChI=1S/C21H36N4O4S/c1-4-22-21(24-15-18(3)29-19-10-7-8-17(2)14-19)23-11-13-30(26,27)25-16-20-9-5-6-12-28-20/h7-8,10,14,18,20,25H,4-6,9,11-13,15-16H2,1-3H3,(H2,22,23,24). The van der Waals surface area contributed by atoms with Crippen molar-refractivity contribution in [2.45, 2.75) is 52.2 Å². The summed E-state index contributed by atoms with van der Waals surface area (Å²) in [5.41, 5.74) is 1.14. The van der Waals surface area contributed by atoms with Gasteiger partial charge in [0.05, 0.1) is 18.4 Å². The molecule has 0 bridgehead atoms. The fourth-order valence-electron chi connectivity index (χ4n) is 3.08. The lowest BCUT2D eigenvalue weighted by atomic mass is 10.1. The van der Waals surface area contributed by atoms with Gasteiger partial charge in [0.2, 0.25) is 10.0 Å². The summed E-state index contributed by atoms with van der Waals surface area (Å²) in [5.74, 6) is 1.36. The third kappa shape index (κ3) is 9.77. The van der Waals surface area contributed by atoms with E-state index in [0.717, 1.165) is 30.6 Å². The van der Waals surface area contributed by atoms with Gasteiger partial charge in [-0.1, -0.05) is 12.1 Å². The summed E-state index contributed by atoms with van der Waals surface area (Å²) >= 11 is 0. The smallest absolute Gasteiger partial charge is 0.213 e. The Bertz CT molecular complexity index is 764. The Labute approximate surface area is 180 Å². The highest BCUT2D eigenvalue weighted by atomic mass is 32.2. The van der Waals surface area contributed by atoms with Crippen LogP contribution in [-0.4, -0.2) is 65.1 Å².